The molecule has 8 heteroatoms. The Morgan fingerprint density at radius 2 is 2.00 bits per heavy atom. The molecule has 0 bridgehead atoms. The van der Waals surface area contributed by atoms with E-state index in [4.69, 9.17) is 18.3 Å². The van der Waals surface area contributed by atoms with Crippen LogP contribution in [0.15, 0.2) is 45.2 Å². The molecular weight excluding hydrogens is 392 g/mol. The van der Waals surface area contributed by atoms with E-state index in [-0.39, 0.29) is 12.5 Å². The fourth-order valence-corrected chi connectivity index (χ4v) is 4.35. The second-order valence-electron chi connectivity index (χ2n) is 6.65. The molecule has 1 aromatic carbocycles. The predicted molar refractivity (Wildman–Crippen MR) is 105 cm³/mol. The average molecular weight is 408 g/mol. The number of thiophene rings is 1. The molecule has 0 N–H and O–H groups in total. The van der Waals surface area contributed by atoms with E-state index in [1.165, 1.54) is 11.3 Å². The number of furan rings is 1. The maximum absolute atomic E-state index is 12.5. The standard InChI is InChI=1S/C21H16N2O5S/c1-11-7-15(12(2)27-11)20-23-22-18(28-20)10-26-21(24)17-8-13-9-25-16-6-4-3-5-14(16)19(13)29-17/h3-8H,9-10H2,1-2H3. The Bertz CT molecular complexity index is 1220. The summed E-state index contributed by atoms with van der Waals surface area (Å²) >= 11 is 1.39. The molecule has 4 heterocycles. The summed E-state index contributed by atoms with van der Waals surface area (Å²) in [6.07, 6.45) is 0. The number of ether oxygens (including phenoxy) is 2. The summed E-state index contributed by atoms with van der Waals surface area (Å²) in [4.78, 5) is 14.1. The lowest BCUT2D eigenvalue weighted by molar-refractivity contribution is 0.0444. The van der Waals surface area contributed by atoms with Gasteiger partial charge in [0.2, 0.25) is 0 Å². The van der Waals surface area contributed by atoms with Gasteiger partial charge in [-0.3, -0.25) is 0 Å². The number of hydrogen-bond donors (Lipinski definition) is 0. The fraction of sp³-hybridized carbons (Fsp3) is 0.190. The summed E-state index contributed by atoms with van der Waals surface area (Å²) < 4.78 is 22.2. The molecule has 3 aromatic heterocycles. The van der Waals surface area contributed by atoms with Crippen LogP contribution in [0, 0.1) is 13.8 Å². The van der Waals surface area contributed by atoms with Gasteiger partial charge in [0.05, 0.1) is 5.56 Å². The Morgan fingerprint density at radius 1 is 1.14 bits per heavy atom. The molecule has 0 radical (unpaired) electrons. The van der Waals surface area contributed by atoms with E-state index in [9.17, 15) is 4.79 Å². The molecule has 146 valence electrons. The zero-order chi connectivity index (χ0) is 20.0. The zero-order valence-corrected chi connectivity index (χ0v) is 16.5. The molecule has 29 heavy (non-hydrogen) atoms. The van der Waals surface area contributed by atoms with E-state index in [1.807, 2.05) is 50.2 Å². The third-order valence-electron chi connectivity index (χ3n) is 4.59. The number of esters is 1. The maximum atomic E-state index is 12.5. The van der Waals surface area contributed by atoms with Crippen LogP contribution in [0.2, 0.25) is 0 Å². The number of benzene rings is 1. The molecule has 0 amide bonds. The minimum atomic E-state index is -0.433. The Balaban J connectivity index is 1.30. The van der Waals surface area contributed by atoms with Crippen LogP contribution in [0.1, 0.15) is 32.6 Å². The monoisotopic (exact) mass is 408 g/mol. The highest BCUT2D eigenvalue weighted by Crippen LogP contribution is 2.42. The SMILES string of the molecule is Cc1cc(-c2nnc(COC(=O)c3cc4c(s3)-c3ccccc3OC4)o2)c(C)o1. The first-order valence-corrected chi connectivity index (χ1v) is 9.82. The van der Waals surface area contributed by atoms with Crippen molar-refractivity contribution in [2.24, 2.45) is 0 Å². The second kappa shape index (κ2) is 6.89. The number of hydrogen-bond acceptors (Lipinski definition) is 8. The van der Waals surface area contributed by atoms with Crippen molar-refractivity contribution in [1.29, 1.82) is 0 Å². The van der Waals surface area contributed by atoms with Gasteiger partial charge in [0.25, 0.3) is 11.8 Å². The van der Waals surface area contributed by atoms with Gasteiger partial charge >= 0.3 is 5.97 Å². The molecule has 4 aromatic rings. The lowest BCUT2D eigenvalue weighted by Crippen LogP contribution is -2.04. The normalized spacial score (nSPS) is 12.2. The number of aromatic nitrogens is 2. The van der Waals surface area contributed by atoms with E-state index >= 15 is 0 Å². The topological polar surface area (TPSA) is 87.6 Å². The van der Waals surface area contributed by atoms with Crippen LogP contribution in [-0.2, 0) is 18.0 Å². The summed E-state index contributed by atoms with van der Waals surface area (Å²) in [5.41, 5.74) is 2.70. The van der Waals surface area contributed by atoms with Gasteiger partial charge in [-0.2, -0.15) is 0 Å². The van der Waals surface area contributed by atoms with Crippen molar-refractivity contribution in [2.75, 3.05) is 0 Å². The number of rotatable bonds is 4. The molecule has 5 rings (SSSR count). The molecule has 0 saturated carbocycles. The summed E-state index contributed by atoms with van der Waals surface area (Å²) in [5.74, 6) is 2.41. The van der Waals surface area contributed by atoms with Crippen LogP contribution in [0.4, 0.5) is 0 Å². The van der Waals surface area contributed by atoms with Crippen LogP contribution in [0.5, 0.6) is 5.75 Å². The Labute approximate surface area is 169 Å². The molecule has 1 aliphatic heterocycles. The van der Waals surface area contributed by atoms with Gasteiger partial charge in [0, 0.05) is 16.0 Å². The van der Waals surface area contributed by atoms with E-state index in [0.717, 1.165) is 33.1 Å². The Hall–Kier alpha value is -3.39. The molecule has 0 atom stereocenters. The largest absolute Gasteiger partial charge is 0.488 e. The minimum absolute atomic E-state index is 0.0998. The molecule has 0 saturated heterocycles. The first kappa shape index (κ1) is 17.7. The summed E-state index contributed by atoms with van der Waals surface area (Å²) in [6.45, 7) is 4.01. The van der Waals surface area contributed by atoms with Crippen molar-refractivity contribution in [3.8, 4) is 27.6 Å². The number of para-hydroxylation sites is 1. The van der Waals surface area contributed by atoms with Crippen molar-refractivity contribution in [3.63, 3.8) is 0 Å². The van der Waals surface area contributed by atoms with Crippen molar-refractivity contribution in [1.82, 2.24) is 10.2 Å². The fourth-order valence-electron chi connectivity index (χ4n) is 3.26. The average Bonchev–Trinajstić information content (AvgIpc) is 3.44. The van der Waals surface area contributed by atoms with Crippen LogP contribution >= 0.6 is 11.3 Å². The number of carbonyl (C=O) groups is 1. The lowest BCUT2D eigenvalue weighted by atomic mass is 10.1. The first-order valence-electron chi connectivity index (χ1n) is 9.00. The van der Waals surface area contributed by atoms with Crippen LogP contribution < -0.4 is 4.74 Å². The van der Waals surface area contributed by atoms with E-state index in [0.29, 0.717) is 23.1 Å². The highest BCUT2D eigenvalue weighted by atomic mass is 32.1. The van der Waals surface area contributed by atoms with E-state index in [2.05, 4.69) is 10.2 Å². The third kappa shape index (κ3) is 3.21. The Morgan fingerprint density at radius 3 is 2.83 bits per heavy atom. The van der Waals surface area contributed by atoms with Crippen molar-refractivity contribution < 1.29 is 23.1 Å². The van der Waals surface area contributed by atoms with Gasteiger partial charge < -0.3 is 18.3 Å². The van der Waals surface area contributed by atoms with Crippen molar-refractivity contribution >= 4 is 17.3 Å². The van der Waals surface area contributed by atoms with Crippen LogP contribution in [-0.4, -0.2) is 16.2 Å². The summed E-state index contributed by atoms with van der Waals surface area (Å²) in [7, 11) is 0. The highest BCUT2D eigenvalue weighted by Gasteiger charge is 2.23. The van der Waals surface area contributed by atoms with Gasteiger partial charge in [-0.1, -0.05) is 12.1 Å². The van der Waals surface area contributed by atoms with Gasteiger partial charge in [-0.15, -0.1) is 21.5 Å². The van der Waals surface area contributed by atoms with Gasteiger partial charge in [-0.25, -0.2) is 4.79 Å². The second-order valence-corrected chi connectivity index (χ2v) is 7.71. The van der Waals surface area contributed by atoms with E-state index in [1.54, 1.807) is 0 Å². The highest BCUT2D eigenvalue weighted by molar-refractivity contribution is 7.17. The van der Waals surface area contributed by atoms with Crippen molar-refractivity contribution in [2.45, 2.75) is 27.1 Å². The minimum Gasteiger partial charge on any atom is -0.488 e. The molecular formula is C21H16N2O5S. The number of nitrogens with zero attached hydrogens (tertiary/aromatic N) is 2. The van der Waals surface area contributed by atoms with Crippen LogP contribution in [0.25, 0.3) is 21.9 Å². The number of carbonyl (C=O) groups excluding carboxylic acids is 1. The van der Waals surface area contributed by atoms with Crippen LogP contribution in [0.3, 0.4) is 0 Å². The lowest BCUT2D eigenvalue weighted by Gasteiger charge is -2.16. The molecule has 0 unspecified atom stereocenters. The molecule has 7 nitrogen and oxygen atoms in total. The van der Waals surface area contributed by atoms with Gasteiger partial charge in [0.15, 0.2) is 6.61 Å². The number of fused-ring (bicyclic) bond motifs is 3. The molecule has 0 aliphatic carbocycles. The van der Waals surface area contributed by atoms with Gasteiger partial charge in [-0.05, 0) is 38.1 Å². The summed E-state index contributed by atoms with van der Waals surface area (Å²) in [5, 5.41) is 7.96. The predicted octanol–water partition coefficient (Wildman–Crippen LogP) is 4.92. The zero-order valence-electron chi connectivity index (χ0n) is 15.7. The molecule has 0 fully saturated rings. The molecule has 1 aliphatic rings. The first-order chi connectivity index (χ1) is 14.1. The Kier molecular flexibility index (Phi) is 4.21. The van der Waals surface area contributed by atoms with Gasteiger partial charge in [0.1, 0.15) is 28.8 Å². The quantitative estimate of drug-likeness (QED) is 0.443. The summed E-state index contributed by atoms with van der Waals surface area (Å²) in [6, 6.07) is 11.4. The smallest absolute Gasteiger partial charge is 0.348 e. The number of aryl methyl sites for hydroxylation is 2. The molecule has 0 spiro atoms. The third-order valence-corrected chi connectivity index (χ3v) is 5.78. The maximum Gasteiger partial charge on any atom is 0.348 e. The van der Waals surface area contributed by atoms with E-state index < -0.39 is 5.97 Å². The van der Waals surface area contributed by atoms with Crippen molar-refractivity contribution in [3.05, 3.63) is 64.3 Å².